The predicted octanol–water partition coefficient (Wildman–Crippen LogP) is 5.98. The van der Waals surface area contributed by atoms with Gasteiger partial charge in [-0.1, -0.05) is 23.7 Å². The average Bonchev–Trinajstić information content (AvgIpc) is 3.29. The number of benzene rings is 2. The van der Waals surface area contributed by atoms with Gasteiger partial charge in [0.1, 0.15) is 28.0 Å². The Kier molecular flexibility index (Phi) is 7.25. The number of pyridine rings is 1. The minimum Gasteiger partial charge on any atom is -0.383 e. The standard InChI is InChI=1S/C27H29ClF2N6O2S/c1-14(2)36-26-18(15-7-9-16(31)10-8-15)13-33-27(32)24(26)25(34-36)17-11-21(30)22(12-20(17)29)35-39(37,38)23-6-4-3-5-19(23)28/h3-6,11-16,35H,7-10,31H2,1-2H3,(H2,32,33). The van der Waals surface area contributed by atoms with Crippen LogP contribution in [-0.4, -0.2) is 29.2 Å². The number of aromatic nitrogens is 3. The van der Waals surface area contributed by atoms with Crippen molar-refractivity contribution < 1.29 is 17.2 Å². The number of nitrogens with one attached hydrogen (secondary N) is 1. The van der Waals surface area contributed by atoms with E-state index in [1.165, 1.54) is 18.2 Å². The first-order valence-electron chi connectivity index (χ1n) is 12.7. The number of sulfonamides is 1. The van der Waals surface area contributed by atoms with Crippen LogP contribution < -0.4 is 16.2 Å². The summed E-state index contributed by atoms with van der Waals surface area (Å²) in [6, 6.07) is 7.45. The zero-order valence-electron chi connectivity index (χ0n) is 21.5. The summed E-state index contributed by atoms with van der Waals surface area (Å²) in [5.74, 6) is -1.53. The van der Waals surface area contributed by atoms with Gasteiger partial charge in [0.05, 0.1) is 21.6 Å². The molecule has 1 aliphatic rings. The third-order valence-corrected chi connectivity index (χ3v) is 9.03. The highest BCUT2D eigenvalue weighted by Gasteiger charge is 2.29. The molecule has 4 aromatic rings. The van der Waals surface area contributed by atoms with Gasteiger partial charge in [-0.05, 0) is 69.2 Å². The van der Waals surface area contributed by atoms with E-state index in [0.29, 0.717) is 5.39 Å². The number of rotatable bonds is 6. The van der Waals surface area contributed by atoms with Crippen LogP contribution in [0, 0.1) is 11.6 Å². The average molecular weight is 575 g/mol. The summed E-state index contributed by atoms with van der Waals surface area (Å²) in [7, 11) is -4.28. The van der Waals surface area contributed by atoms with Crippen LogP contribution in [0.4, 0.5) is 20.3 Å². The largest absolute Gasteiger partial charge is 0.383 e. The molecule has 2 aromatic carbocycles. The SMILES string of the molecule is CC(C)n1nc(-c2cc(F)c(NS(=O)(=O)c3ccccc3Cl)cc2F)c2c(N)ncc(C3CCC(N)CC3)c21. The normalized spacial score (nSPS) is 18.1. The lowest BCUT2D eigenvalue weighted by atomic mass is 9.82. The van der Waals surface area contributed by atoms with Crippen LogP contribution in [0.2, 0.25) is 5.02 Å². The van der Waals surface area contributed by atoms with Crippen LogP contribution in [0.5, 0.6) is 0 Å². The van der Waals surface area contributed by atoms with Gasteiger partial charge in [-0.3, -0.25) is 9.40 Å². The molecule has 5 rings (SSSR count). The van der Waals surface area contributed by atoms with Crippen molar-refractivity contribution in [1.29, 1.82) is 0 Å². The molecule has 0 unspecified atom stereocenters. The molecule has 0 spiro atoms. The van der Waals surface area contributed by atoms with Crippen molar-refractivity contribution in [3.63, 3.8) is 0 Å². The fraction of sp³-hybridized carbons (Fsp3) is 0.333. The highest BCUT2D eigenvalue weighted by molar-refractivity contribution is 7.92. The van der Waals surface area contributed by atoms with Crippen molar-refractivity contribution in [2.75, 3.05) is 10.5 Å². The van der Waals surface area contributed by atoms with Gasteiger partial charge in [0.2, 0.25) is 0 Å². The molecule has 1 fully saturated rings. The molecule has 0 amide bonds. The molecule has 2 aromatic heterocycles. The van der Waals surface area contributed by atoms with E-state index < -0.39 is 27.3 Å². The van der Waals surface area contributed by atoms with Crippen molar-refractivity contribution in [2.24, 2.45) is 5.73 Å². The highest BCUT2D eigenvalue weighted by atomic mass is 35.5. The van der Waals surface area contributed by atoms with E-state index in [1.807, 2.05) is 13.8 Å². The number of nitrogens with two attached hydrogens (primary N) is 2. The van der Waals surface area contributed by atoms with E-state index in [0.717, 1.165) is 48.9 Å². The van der Waals surface area contributed by atoms with Gasteiger partial charge in [-0.25, -0.2) is 22.2 Å². The third-order valence-electron chi connectivity index (χ3n) is 7.17. The van der Waals surface area contributed by atoms with E-state index in [2.05, 4.69) is 14.8 Å². The van der Waals surface area contributed by atoms with Crippen LogP contribution in [0.15, 0.2) is 47.5 Å². The Balaban J connectivity index is 1.62. The predicted molar refractivity (Wildman–Crippen MR) is 149 cm³/mol. The van der Waals surface area contributed by atoms with Crippen LogP contribution in [0.25, 0.3) is 22.2 Å². The number of nitrogen functional groups attached to an aromatic ring is 1. The Morgan fingerprint density at radius 1 is 1.10 bits per heavy atom. The summed E-state index contributed by atoms with van der Waals surface area (Å²) in [5, 5.41) is 5.05. The van der Waals surface area contributed by atoms with Gasteiger partial charge in [0, 0.05) is 29.9 Å². The molecule has 1 saturated carbocycles. The Morgan fingerprint density at radius 2 is 1.79 bits per heavy atom. The van der Waals surface area contributed by atoms with Crippen molar-refractivity contribution >= 4 is 44.0 Å². The topological polar surface area (TPSA) is 129 Å². The molecule has 0 atom stereocenters. The number of hydrogen-bond donors (Lipinski definition) is 3. The van der Waals surface area contributed by atoms with E-state index >= 15 is 8.78 Å². The number of nitrogens with zero attached hydrogens (tertiary/aromatic N) is 3. The van der Waals surface area contributed by atoms with Crippen molar-refractivity contribution in [3.8, 4) is 11.3 Å². The monoisotopic (exact) mass is 574 g/mol. The third kappa shape index (κ3) is 5.06. The fourth-order valence-electron chi connectivity index (χ4n) is 5.18. The lowest BCUT2D eigenvalue weighted by molar-refractivity contribution is 0.395. The summed E-state index contributed by atoms with van der Waals surface area (Å²) in [6.45, 7) is 3.88. The molecule has 12 heteroatoms. The molecule has 2 heterocycles. The van der Waals surface area contributed by atoms with Crippen LogP contribution in [0.1, 0.15) is 57.1 Å². The molecule has 0 aliphatic heterocycles. The zero-order chi connectivity index (χ0) is 28.1. The Hall–Kier alpha value is -3.28. The lowest BCUT2D eigenvalue weighted by Crippen LogP contribution is -2.26. The molecule has 0 radical (unpaired) electrons. The molecule has 206 valence electrons. The summed E-state index contributed by atoms with van der Waals surface area (Å²) in [5.41, 5.74) is 13.5. The summed E-state index contributed by atoms with van der Waals surface area (Å²) < 4.78 is 60.4. The lowest BCUT2D eigenvalue weighted by Gasteiger charge is -2.27. The van der Waals surface area contributed by atoms with Gasteiger partial charge in [-0.15, -0.1) is 0 Å². The Labute approximate surface area is 230 Å². The molecule has 1 aliphatic carbocycles. The quantitative estimate of drug-likeness (QED) is 0.260. The molecular formula is C27H29ClF2N6O2S. The first-order valence-corrected chi connectivity index (χ1v) is 14.5. The molecule has 8 nitrogen and oxygen atoms in total. The van der Waals surface area contributed by atoms with E-state index in [-0.39, 0.29) is 45.0 Å². The maximum Gasteiger partial charge on any atom is 0.263 e. The fourth-order valence-corrected chi connectivity index (χ4v) is 6.76. The maximum absolute atomic E-state index is 15.6. The van der Waals surface area contributed by atoms with Gasteiger partial charge in [0.25, 0.3) is 10.0 Å². The van der Waals surface area contributed by atoms with Crippen LogP contribution >= 0.6 is 11.6 Å². The van der Waals surface area contributed by atoms with Gasteiger partial charge in [-0.2, -0.15) is 5.10 Å². The number of fused-ring (bicyclic) bond motifs is 1. The summed E-state index contributed by atoms with van der Waals surface area (Å²) in [4.78, 5) is 4.14. The maximum atomic E-state index is 15.6. The molecule has 5 N–H and O–H groups in total. The van der Waals surface area contributed by atoms with E-state index in [4.69, 9.17) is 23.1 Å². The van der Waals surface area contributed by atoms with Crippen LogP contribution in [-0.2, 0) is 10.0 Å². The molecular weight excluding hydrogens is 546 g/mol. The number of halogens is 3. The van der Waals surface area contributed by atoms with Gasteiger partial charge in [0.15, 0.2) is 0 Å². The second kappa shape index (κ2) is 10.4. The summed E-state index contributed by atoms with van der Waals surface area (Å²) in [6.07, 6.45) is 5.26. The van der Waals surface area contributed by atoms with Gasteiger partial charge < -0.3 is 11.5 Å². The molecule has 39 heavy (non-hydrogen) atoms. The van der Waals surface area contributed by atoms with Crippen LogP contribution in [0.3, 0.4) is 0 Å². The summed E-state index contributed by atoms with van der Waals surface area (Å²) >= 11 is 6.00. The van der Waals surface area contributed by atoms with Crippen molar-refractivity contribution in [3.05, 3.63) is 64.8 Å². The Morgan fingerprint density at radius 3 is 2.46 bits per heavy atom. The van der Waals surface area contributed by atoms with E-state index in [9.17, 15) is 8.42 Å². The second-order valence-corrected chi connectivity index (χ2v) is 12.2. The highest BCUT2D eigenvalue weighted by Crippen LogP contribution is 2.42. The van der Waals surface area contributed by atoms with Crippen molar-refractivity contribution in [2.45, 2.75) is 62.4 Å². The second-order valence-electron chi connectivity index (χ2n) is 10.2. The zero-order valence-corrected chi connectivity index (χ0v) is 23.0. The van der Waals surface area contributed by atoms with Gasteiger partial charge >= 0.3 is 0 Å². The molecule has 0 bridgehead atoms. The number of anilines is 2. The Bertz CT molecular complexity index is 1670. The van der Waals surface area contributed by atoms with E-state index in [1.54, 1.807) is 16.9 Å². The molecule has 0 saturated heterocycles. The minimum absolute atomic E-state index is 0.0491. The smallest absolute Gasteiger partial charge is 0.263 e. The first kappa shape index (κ1) is 27.3. The first-order chi connectivity index (χ1) is 18.5. The minimum atomic E-state index is -4.28. The van der Waals surface area contributed by atoms with Crippen molar-refractivity contribution in [1.82, 2.24) is 14.8 Å². The number of hydrogen-bond acceptors (Lipinski definition) is 6.